The third kappa shape index (κ3) is 4.82. The second kappa shape index (κ2) is 11.7. The van der Waals surface area contributed by atoms with Gasteiger partial charge in [0.1, 0.15) is 11.2 Å². The molecule has 4 heterocycles. The molecule has 0 amide bonds. The van der Waals surface area contributed by atoms with Crippen molar-refractivity contribution in [3.05, 3.63) is 149 Å². The van der Waals surface area contributed by atoms with Gasteiger partial charge in [0, 0.05) is 55.7 Å². The van der Waals surface area contributed by atoms with Gasteiger partial charge in [-0.15, -0.1) is 0 Å². The Hall–Kier alpha value is -6.00. The first-order valence-corrected chi connectivity index (χ1v) is 22.2. The molecule has 0 bridgehead atoms. The molecule has 0 N–H and O–H groups in total. The molecule has 7 aromatic carbocycles. The minimum atomic E-state index is -0.263. The van der Waals surface area contributed by atoms with Crippen LogP contribution < -0.4 is 15.7 Å². The number of fused-ring (bicyclic) bond motifs is 16. The first-order chi connectivity index (χ1) is 28.9. The van der Waals surface area contributed by atoms with Gasteiger partial charge in [0.25, 0.3) is 0 Å². The molecule has 0 unspecified atom stereocenters. The molecule has 12 rings (SSSR count). The fraction of sp³-hybridized carbons (Fsp3) is 0.263. The molecular formula is C57H53BN2O. The minimum absolute atomic E-state index is 0.00684. The van der Waals surface area contributed by atoms with E-state index in [0.717, 1.165) is 21.9 Å². The van der Waals surface area contributed by atoms with E-state index in [9.17, 15) is 0 Å². The zero-order chi connectivity index (χ0) is 42.3. The van der Waals surface area contributed by atoms with Gasteiger partial charge in [-0.25, -0.2) is 0 Å². The monoisotopic (exact) mass is 792 g/mol. The number of benzene rings is 7. The van der Waals surface area contributed by atoms with Gasteiger partial charge in [-0.1, -0.05) is 149 Å². The summed E-state index contributed by atoms with van der Waals surface area (Å²) in [6, 6.07) is 46.8. The highest BCUT2D eigenvalue weighted by molar-refractivity contribution is 6.94. The summed E-state index contributed by atoms with van der Waals surface area (Å²) in [6.07, 6.45) is 0. The van der Waals surface area contributed by atoms with E-state index in [2.05, 4.69) is 207 Å². The predicted molar refractivity (Wildman–Crippen MR) is 261 cm³/mol. The van der Waals surface area contributed by atoms with Crippen LogP contribution in [0.3, 0.4) is 0 Å². The van der Waals surface area contributed by atoms with Crippen LogP contribution >= 0.6 is 0 Å². The fourth-order valence-electron chi connectivity index (χ4n) is 11.4. The van der Waals surface area contributed by atoms with Crippen molar-refractivity contribution < 1.29 is 4.42 Å². The van der Waals surface area contributed by atoms with E-state index < -0.39 is 0 Å². The SMILES string of the molecule is CC(C)(C)c1ccc(N2B3c4cc(C(C)(C)C)ccc4-n4c5ccc(C(C)(C)C)cc5c5c6c(c(c3c54)-c3cc4c(cc32)oc2ccccc24)C(C)(C)c2ccccc2-6)cc1. The molecule has 0 spiro atoms. The highest BCUT2D eigenvalue weighted by Gasteiger charge is 2.50. The summed E-state index contributed by atoms with van der Waals surface area (Å²) in [5.41, 5.74) is 22.8. The van der Waals surface area contributed by atoms with Gasteiger partial charge in [0.15, 0.2) is 0 Å². The summed E-state index contributed by atoms with van der Waals surface area (Å²) >= 11 is 0. The number of hydrogen-bond acceptors (Lipinski definition) is 2. The maximum Gasteiger partial charge on any atom is 0.333 e. The molecule has 0 atom stereocenters. The quantitative estimate of drug-likeness (QED) is 0.154. The average molecular weight is 793 g/mol. The van der Waals surface area contributed by atoms with Gasteiger partial charge in [-0.3, -0.25) is 0 Å². The van der Waals surface area contributed by atoms with E-state index in [4.69, 9.17) is 4.42 Å². The van der Waals surface area contributed by atoms with E-state index in [-0.39, 0.29) is 28.5 Å². The van der Waals surface area contributed by atoms with Gasteiger partial charge >= 0.3 is 6.85 Å². The van der Waals surface area contributed by atoms with Crippen LogP contribution in [0, 0.1) is 0 Å². The number of anilines is 2. The van der Waals surface area contributed by atoms with Crippen molar-refractivity contribution in [1.82, 2.24) is 4.57 Å². The number of rotatable bonds is 1. The van der Waals surface area contributed by atoms with Crippen molar-refractivity contribution in [2.45, 2.75) is 97.8 Å². The van der Waals surface area contributed by atoms with Gasteiger partial charge in [0.05, 0.1) is 11.0 Å². The Balaban J connectivity index is 1.34. The van der Waals surface area contributed by atoms with Gasteiger partial charge in [-0.05, 0) is 114 Å². The number of aromatic nitrogens is 1. The van der Waals surface area contributed by atoms with Crippen molar-refractivity contribution in [2.24, 2.45) is 0 Å². The number of para-hydroxylation sites is 1. The van der Waals surface area contributed by atoms with Crippen LogP contribution in [-0.4, -0.2) is 11.4 Å². The zero-order valence-corrected chi connectivity index (χ0v) is 37.4. The summed E-state index contributed by atoms with van der Waals surface area (Å²) in [4.78, 5) is 2.67. The molecule has 300 valence electrons. The number of hydrogen-bond donors (Lipinski definition) is 0. The lowest BCUT2D eigenvalue weighted by molar-refractivity contribution is 0.590. The van der Waals surface area contributed by atoms with Crippen LogP contribution in [0.5, 0.6) is 0 Å². The summed E-state index contributed by atoms with van der Waals surface area (Å²) in [5, 5.41) is 5.03. The summed E-state index contributed by atoms with van der Waals surface area (Å²) in [5.74, 6) is 0. The molecular weight excluding hydrogens is 739 g/mol. The van der Waals surface area contributed by atoms with Crippen LogP contribution in [0.25, 0.3) is 71.7 Å². The van der Waals surface area contributed by atoms with Crippen molar-refractivity contribution in [3.63, 3.8) is 0 Å². The van der Waals surface area contributed by atoms with E-state index in [1.54, 1.807) is 0 Å². The highest BCUT2D eigenvalue weighted by atomic mass is 16.3. The van der Waals surface area contributed by atoms with Crippen LogP contribution in [0.1, 0.15) is 104 Å². The van der Waals surface area contributed by atoms with Crippen molar-refractivity contribution in [2.75, 3.05) is 4.81 Å². The average Bonchev–Trinajstić information content (AvgIpc) is 3.83. The molecule has 4 heteroatoms. The molecule has 1 aliphatic carbocycles. The van der Waals surface area contributed by atoms with Gasteiger partial charge < -0.3 is 13.8 Å². The topological polar surface area (TPSA) is 21.3 Å². The molecule has 0 radical (unpaired) electrons. The summed E-state index contributed by atoms with van der Waals surface area (Å²) in [7, 11) is 0. The Morgan fingerprint density at radius 1 is 0.541 bits per heavy atom. The highest BCUT2D eigenvalue weighted by Crippen LogP contribution is 2.59. The minimum Gasteiger partial charge on any atom is -0.456 e. The fourth-order valence-corrected chi connectivity index (χ4v) is 11.4. The van der Waals surface area contributed by atoms with Crippen molar-refractivity contribution in [3.8, 4) is 27.9 Å². The normalized spacial score (nSPS) is 15.2. The summed E-state index contributed by atoms with van der Waals surface area (Å²) < 4.78 is 9.42. The molecule has 2 aliphatic heterocycles. The first kappa shape index (κ1) is 36.8. The molecule has 0 saturated carbocycles. The third-order valence-corrected chi connectivity index (χ3v) is 14.6. The molecule has 0 saturated heterocycles. The predicted octanol–water partition coefficient (Wildman–Crippen LogP) is 14.1. The Bertz CT molecular complexity index is 3390. The Morgan fingerprint density at radius 2 is 1.20 bits per heavy atom. The molecule has 9 aromatic rings. The lowest BCUT2D eigenvalue weighted by Crippen LogP contribution is -2.61. The number of nitrogens with zero attached hydrogens (tertiary/aromatic N) is 2. The summed E-state index contributed by atoms with van der Waals surface area (Å²) in [6.45, 7) is 25.8. The van der Waals surface area contributed by atoms with E-state index in [1.165, 1.54) is 99.9 Å². The van der Waals surface area contributed by atoms with Crippen LogP contribution in [-0.2, 0) is 21.7 Å². The first-order valence-electron chi connectivity index (χ1n) is 22.2. The molecule has 2 aromatic heterocycles. The maximum atomic E-state index is 6.77. The lowest BCUT2D eigenvalue weighted by atomic mass is 9.43. The van der Waals surface area contributed by atoms with Gasteiger partial charge in [0.2, 0.25) is 0 Å². The zero-order valence-electron chi connectivity index (χ0n) is 37.4. The molecule has 61 heavy (non-hydrogen) atoms. The standard InChI is InChI=1S/C57H53BN2O/c1-54(2,3)32-20-24-35(25-21-32)60-45-31-47-38(36-16-13-15-19-46(36)61-47)30-40(45)50-51-48(37-17-12-14-18-41(37)57(51,10)11)49-39-28-33(55(4,5)6)22-26-43(39)59-44-27-23-34(56(7,8)9)29-42(44)58(60)52(50)53(49)59/h12-31H,1-11H3. The van der Waals surface area contributed by atoms with E-state index in [1.807, 2.05) is 0 Å². The van der Waals surface area contributed by atoms with Crippen LogP contribution in [0.15, 0.2) is 126 Å². The second-order valence-electron chi connectivity index (χ2n) is 21.8. The Labute approximate surface area is 360 Å². The van der Waals surface area contributed by atoms with E-state index >= 15 is 0 Å². The van der Waals surface area contributed by atoms with Crippen molar-refractivity contribution in [1.29, 1.82) is 0 Å². The number of furan rings is 1. The smallest absolute Gasteiger partial charge is 0.333 e. The second-order valence-corrected chi connectivity index (χ2v) is 21.8. The lowest BCUT2D eigenvalue weighted by Gasteiger charge is -2.44. The van der Waals surface area contributed by atoms with E-state index in [0.29, 0.717) is 0 Å². The Morgan fingerprint density at radius 3 is 1.93 bits per heavy atom. The molecule has 3 aliphatic rings. The third-order valence-electron chi connectivity index (χ3n) is 14.6. The van der Waals surface area contributed by atoms with Crippen LogP contribution in [0.2, 0.25) is 0 Å². The van der Waals surface area contributed by atoms with Crippen molar-refractivity contribution >= 4 is 72.9 Å². The molecule has 3 nitrogen and oxygen atoms in total. The maximum absolute atomic E-state index is 6.77. The molecule has 0 fully saturated rings. The Kier molecular flexibility index (Phi) is 7.05. The van der Waals surface area contributed by atoms with Crippen LogP contribution in [0.4, 0.5) is 11.4 Å². The largest absolute Gasteiger partial charge is 0.456 e. The van der Waals surface area contributed by atoms with Gasteiger partial charge in [-0.2, -0.15) is 0 Å².